The van der Waals surface area contributed by atoms with Crippen molar-refractivity contribution in [2.75, 3.05) is 20.6 Å². The van der Waals surface area contributed by atoms with Gasteiger partial charge in [-0.1, -0.05) is 17.7 Å². The van der Waals surface area contributed by atoms with Crippen molar-refractivity contribution in [3.8, 4) is 0 Å². The summed E-state index contributed by atoms with van der Waals surface area (Å²) in [5.74, 6) is -0.0724. The first kappa shape index (κ1) is 17.6. The summed E-state index contributed by atoms with van der Waals surface area (Å²) in [4.78, 5) is 20.7. The van der Waals surface area contributed by atoms with E-state index in [1.165, 1.54) is 4.88 Å². The summed E-state index contributed by atoms with van der Waals surface area (Å²) in [6, 6.07) is 12.4. The van der Waals surface area contributed by atoms with Crippen molar-refractivity contribution in [1.29, 1.82) is 0 Å². The van der Waals surface area contributed by atoms with Crippen LogP contribution in [0.2, 0.25) is 0 Å². The van der Waals surface area contributed by atoms with Gasteiger partial charge in [0.2, 0.25) is 0 Å². The Bertz CT molecular complexity index is 887. The van der Waals surface area contributed by atoms with Crippen LogP contribution in [0.25, 0.3) is 10.9 Å². The number of benzene rings is 1. The Morgan fingerprint density at radius 1 is 1.24 bits per heavy atom. The second-order valence-corrected chi connectivity index (χ2v) is 7.50. The molecule has 1 unspecified atom stereocenters. The van der Waals surface area contributed by atoms with E-state index in [4.69, 9.17) is 0 Å². The Morgan fingerprint density at radius 3 is 2.72 bits per heavy atom. The lowest BCUT2D eigenvalue weighted by molar-refractivity contribution is 0.0941. The molecule has 1 N–H and O–H groups in total. The van der Waals surface area contributed by atoms with Crippen molar-refractivity contribution in [3.63, 3.8) is 0 Å². The largest absolute Gasteiger partial charge is 0.350 e. The van der Waals surface area contributed by atoms with E-state index in [1.807, 2.05) is 52.2 Å². The maximum absolute atomic E-state index is 12.7. The van der Waals surface area contributed by atoms with Crippen molar-refractivity contribution in [3.05, 3.63) is 63.5 Å². The number of likely N-dealkylation sites (N-methyl/N-ethyl adjacent to an activating group) is 1. The number of aryl methyl sites for hydroxylation is 2. The summed E-state index contributed by atoms with van der Waals surface area (Å²) in [6.07, 6.45) is 0. The standard InChI is InChI=1S/C20H23N3OS/c1-13-7-8-17-15(10-13)11-16(14(2)22-17)20(24)21-12-18(23(3)4)19-6-5-9-25-19/h5-11,18H,12H2,1-4H3,(H,21,24). The number of thiophene rings is 1. The molecule has 0 fully saturated rings. The molecule has 0 bridgehead atoms. The molecule has 2 aromatic heterocycles. The first-order valence-electron chi connectivity index (χ1n) is 8.31. The number of amides is 1. The normalized spacial score (nSPS) is 12.5. The van der Waals surface area contributed by atoms with E-state index < -0.39 is 0 Å². The highest BCUT2D eigenvalue weighted by atomic mass is 32.1. The van der Waals surface area contributed by atoms with Crippen molar-refractivity contribution in [2.45, 2.75) is 19.9 Å². The van der Waals surface area contributed by atoms with Gasteiger partial charge in [-0.2, -0.15) is 0 Å². The summed E-state index contributed by atoms with van der Waals surface area (Å²) in [5, 5.41) is 6.14. The fraction of sp³-hybridized carbons (Fsp3) is 0.300. The Kier molecular flexibility index (Phi) is 5.16. The van der Waals surface area contributed by atoms with Gasteiger partial charge >= 0.3 is 0 Å². The minimum absolute atomic E-state index is 0.0724. The molecule has 0 aliphatic heterocycles. The van der Waals surface area contributed by atoms with Crippen LogP contribution in [0.3, 0.4) is 0 Å². The van der Waals surface area contributed by atoms with Gasteiger partial charge in [0.1, 0.15) is 0 Å². The smallest absolute Gasteiger partial charge is 0.253 e. The molecule has 0 saturated heterocycles. The molecule has 3 aromatic rings. The highest BCUT2D eigenvalue weighted by Gasteiger charge is 2.18. The molecule has 5 heteroatoms. The van der Waals surface area contributed by atoms with E-state index >= 15 is 0 Å². The zero-order valence-electron chi connectivity index (χ0n) is 15.0. The molecular weight excluding hydrogens is 330 g/mol. The van der Waals surface area contributed by atoms with E-state index in [2.05, 4.69) is 32.7 Å². The average Bonchev–Trinajstić information content (AvgIpc) is 3.08. The molecule has 1 amide bonds. The molecule has 2 heterocycles. The number of aromatic nitrogens is 1. The summed E-state index contributed by atoms with van der Waals surface area (Å²) in [7, 11) is 4.06. The summed E-state index contributed by atoms with van der Waals surface area (Å²) in [5.41, 5.74) is 3.48. The van der Waals surface area contributed by atoms with Gasteiger partial charge < -0.3 is 10.2 Å². The van der Waals surface area contributed by atoms with E-state index in [0.29, 0.717) is 12.1 Å². The van der Waals surface area contributed by atoms with Gasteiger partial charge in [0, 0.05) is 16.8 Å². The lowest BCUT2D eigenvalue weighted by Gasteiger charge is -2.23. The monoisotopic (exact) mass is 353 g/mol. The molecule has 0 radical (unpaired) electrons. The number of rotatable bonds is 5. The minimum atomic E-state index is -0.0724. The molecule has 1 aromatic carbocycles. The zero-order valence-corrected chi connectivity index (χ0v) is 15.9. The lowest BCUT2D eigenvalue weighted by atomic mass is 10.1. The molecule has 4 nitrogen and oxygen atoms in total. The second-order valence-electron chi connectivity index (χ2n) is 6.52. The molecule has 0 aliphatic carbocycles. The van der Waals surface area contributed by atoms with Crippen LogP contribution in [0.15, 0.2) is 41.8 Å². The SMILES string of the molecule is Cc1ccc2nc(C)c(C(=O)NCC(c3cccs3)N(C)C)cc2c1. The third-order valence-electron chi connectivity index (χ3n) is 4.36. The third-order valence-corrected chi connectivity index (χ3v) is 5.33. The molecule has 25 heavy (non-hydrogen) atoms. The zero-order chi connectivity index (χ0) is 18.0. The predicted molar refractivity (Wildman–Crippen MR) is 104 cm³/mol. The number of nitrogens with one attached hydrogen (secondary N) is 1. The topological polar surface area (TPSA) is 45.2 Å². The van der Waals surface area contributed by atoms with Crippen LogP contribution < -0.4 is 5.32 Å². The van der Waals surface area contributed by atoms with E-state index in [-0.39, 0.29) is 11.9 Å². The molecule has 3 rings (SSSR count). The van der Waals surface area contributed by atoms with Crippen LogP contribution in [0.1, 0.15) is 32.5 Å². The van der Waals surface area contributed by atoms with Gasteiger partial charge in [-0.05, 0) is 57.6 Å². The molecular formula is C20H23N3OS. The molecule has 130 valence electrons. The molecule has 1 atom stereocenters. The van der Waals surface area contributed by atoms with Crippen LogP contribution in [-0.2, 0) is 0 Å². The Balaban J connectivity index is 1.81. The number of fused-ring (bicyclic) bond motifs is 1. The maximum atomic E-state index is 12.7. The number of nitrogens with zero attached hydrogens (tertiary/aromatic N) is 2. The predicted octanol–water partition coefficient (Wildman–Crippen LogP) is 3.95. The van der Waals surface area contributed by atoms with Gasteiger partial charge in [0.25, 0.3) is 5.91 Å². The lowest BCUT2D eigenvalue weighted by Crippen LogP contribution is -2.34. The van der Waals surface area contributed by atoms with Crippen LogP contribution in [0.4, 0.5) is 0 Å². The molecule has 0 aliphatic rings. The number of carbonyl (C=O) groups excluding carboxylic acids is 1. The maximum Gasteiger partial charge on any atom is 0.253 e. The average molecular weight is 353 g/mol. The van der Waals surface area contributed by atoms with Crippen LogP contribution in [-0.4, -0.2) is 36.4 Å². The fourth-order valence-electron chi connectivity index (χ4n) is 2.93. The highest BCUT2D eigenvalue weighted by molar-refractivity contribution is 7.10. The van der Waals surface area contributed by atoms with E-state index in [9.17, 15) is 4.79 Å². The first-order valence-corrected chi connectivity index (χ1v) is 9.19. The van der Waals surface area contributed by atoms with Crippen LogP contribution >= 0.6 is 11.3 Å². The van der Waals surface area contributed by atoms with Crippen molar-refractivity contribution in [1.82, 2.24) is 15.2 Å². The van der Waals surface area contributed by atoms with E-state index in [1.54, 1.807) is 11.3 Å². The number of hydrogen-bond acceptors (Lipinski definition) is 4. The Hall–Kier alpha value is -2.24. The second kappa shape index (κ2) is 7.33. The van der Waals surface area contributed by atoms with Crippen LogP contribution in [0.5, 0.6) is 0 Å². The van der Waals surface area contributed by atoms with Gasteiger partial charge in [0.05, 0.1) is 22.8 Å². The number of carbonyl (C=O) groups is 1. The highest BCUT2D eigenvalue weighted by Crippen LogP contribution is 2.23. The summed E-state index contributed by atoms with van der Waals surface area (Å²) >= 11 is 1.71. The van der Waals surface area contributed by atoms with E-state index in [0.717, 1.165) is 22.2 Å². The van der Waals surface area contributed by atoms with Gasteiger partial charge in [-0.3, -0.25) is 9.78 Å². The van der Waals surface area contributed by atoms with Crippen LogP contribution in [0, 0.1) is 13.8 Å². The van der Waals surface area contributed by atoms with Crippen molar-refractivity contribution in [2.24, 2.45) is 0 Å². The quantitative estimate of drug-likeness (QED) is 0.755. The van der Waals surface area contributed by atoms with Gasteiger partial charge in [-0.15, -0.1) is 11.3 Å². The first-order chi connectivity index (χ1) is 12.0. The van der Waals surface area contributed by atoms with Crippen molar-refractivity contribution >= 4 is 28.1 Å². The fourth-order valence-corrected chi connectivity index (χ4v) is 3.85. The Labute approximate surface area is 152 Å². The minimum Gasteiger partial charge on any atom is -0.350 e. The van der Waals surface area contributed by atoms with Gasteiger partial charge in [0.15, 0.2) is 0 Å². The Morgan fingerprint density at radius 2 is 2.04 bits per heavy atom. The number of hydrogen-bond donors (Lipinski definition) is 1. The summed E-state index contributed by atoms with van der Waals surface area (Å²) in [6.45, 7) is 4.50. The summed E-state index contributed by atoms with van der Waals surface area (Å²) < 4.78 is 0. The molecule has 0 saturated carbocycles. The number of pyridine rings is 1. The van der Waals surface area contributed by atoms with Crippen molar-refractivity contribution < 1.29 is 4.79 Å². The van der Waals surface area contributed by atoms with Gasteiger partial charge in [-0.25, -0.2) is 0 Å². The molecule has 0 spiro atoms. The third kappa shape index (κ3) is 3.89.